The maximum atomic E-state index is 13.1. The Kier molecular flexibility index (Phi) is 5.01. The van der Waals surface area contributed by atoms with Crippen LogP contribution >= 0.6 is 11.8 Å². The number of carbonyl (C=O) groups excluding carboxylic acids is 2. The summed E-state index contributed by atoms with van der Waals surface area (Å²) < 4.78 is 26.1. The minimum Gasteiger partial charge on any atom is -0.454 e. The van der Waals surface area contributed by atoms with Crippen molar-refractivity contribution in [2.45, 2.75) is 20.4 Å². The third-order valence-corrected chi connectivity index (χ3v) is 6.41. The molecule has 0 atom stereocenters. The largest absolute Gasteiger partial charge is 0.454 e. The summed E-state index contributed by atoms with van der Waals surface area (Å²) in [6.45, 7) is 4.27. The minimum absolute atomic E-state index is 0.110. The van der Waals surface area contributed by atoms with Crippen LogP contribution in [0.25, 0.3) is 11.8 Å². The van der Waals surface area contributed by atoms with Gasteiger partial charge in [0.2, 0.25) is 6.79 Å². The molecule has 2 amide bonds. The molecule has 8 heteroatoms. The maximum Gasteiger partial charge on any atom is 0.293 e. The molecule has 1 aromatic heterocycles. The first-order valence-corrected chi connectivity index (χ1v) is 10.8. The monoisotopic (exact) mass is 450 g/mol. The Labute approximate surface area is 188 Å². The fourth-order valence-corrected chi connectivity index (χ4v) is 4.73. The molecule has 1 fully saturated rings. The molecule has 0 bridgehead atoms. The highest BCUT2D eigenvalue weighted by Gasteiger charge is 2.35. The van der Waals surface area contributed by atoms with Gasteiger partial charge in [0.1, 0.15) is 5.82 Å². The molecule has 0 unspecified atom stereocenters. The lowest BCUT2D eigenvalue weighted by atomic mass is 10.2. The fourth-order valence-electron chi connectivity index (χ4n) is 3.91. The first-order valence-electron chi connectivity index (χ1n) is 9.99. The van der Waals surface area contributed by atoms with Crippen molar-refractivity contribution in [3.63, 3.8) is 0 Å². The lowest BCUT2D eigenvalue weighted by molar-refractivity contribution is -0.123. The molecule has 0 N–H and O–H groups in total. The van der Waals surface area contributed by atoms with Crippen LogP contribution in [0.1, 0.15) is 22.5 Å². The van der Waals surface area contributed by atoms with Gasteiger partial charge >= 0.3 is 0 Å². The number of ether oxygens (including phenoxy) is 2. The van der Waals surface area contributed by atoms with E-state index in [1.807, 2.05) is 38.1 Å². The van der Waals surface area contributed by atoms with Crippen LogP contribution < -0.4 is 9.47 Å². The lowest BCUT2D eigenvalue weighted by Crippen LogP contribution is -2.27. The number of halogens is 1. The van der Waals surface area contributed by atoms with E-state index in [4.69, 9.17) is 9.47 Å². The Morgan fingerprint density at radius 3 is 2.56 bits per heavy atom. The molecule has 32 heavy (non-hydrogen) atoms. The average molecular weight is 450 g/mol. The zero-order valence-corrected chi connectivity index (χ0v) is 18.2. The van der Waals surface area contributed by atoms with E-state index in [2.05, 4.69) is 4.57 Å². The van der Waals surface area contributed by atoms with Gasteiger partial charge in [0.25, 0.3) is 11.1 Å². The van der Waals surface area contributed by atoms with Crippen LogP contribution in [0.3, 0.4) is 0 Å². The number of amides is 2. The molecule has 2 aliphatic rings. The fraction of sp³-hybridized carbons (Fsp3) is 0.167. The highest BCUT2D eigenvalue weighted by Crippen LogP contribution is 2.37. The summed E-state index contributed by atoms with van der Waals surface area (Å²) in [5.41, 5.74) is 4.39. The quantitative estimate of drug-likeness (QED) is 0.512. The molecule has 0 saturated carbocycles. The van der Waals surface area contributed by atoms with Gasteiger partial charge in [0, 0.05) is 23.1 Å². The van der Waals surface area contributed by atoms with Crippen molar-refractivity contribution < 1.29 is 23.5 Å². The number of nitrogens with zero attached hydrogens (tertiary/aromatic N) is 2. The van der Waals surface area contributed by atoms with Gasteiger partial charge in [-0.2, -0.15) is 0 Å². The average Bonchev–Trinajstić information content (AvgIpc) is 3.42. The van der Waals surface area contributed by atoms with Crippen molar-refractivity contribution in [1.29, 1.82) is 0 Å². The molecule has 2 aromatic carbocycles. The van der Waals surface area contributed by atoms with E-state index in [1.165, 1.54) is 17.0 Å². The number of benzene rings is 2. The van der Waals surface area contributed by atoms with Gasteiger partial charge in [-0.3, -0.25) is 14.5 Å². The van der Waals surface area contributed by atoms with Gasteiger partial charge < -0.3 is 14.0 Å². The molecule has 3 heterocycles. The van der Waals surface area contributed by atoms with Gasteiger partial charge in [0.15, 0.2) is 11.5 Å². The second kappa shape index (κ2) is 7.87. The van der Waals surface area contributed by atoms with Crippen molar-refractivity contribution in [2.75, 3.05) is 6.79 Å². The van der Waals surface area contributed by atoms with Crippen LogP contribution in [0.2, 0.25) is 0 Å². The van der Waals surface area contributed by atoms with Gasteiger partial charge in [-0.1, -0.05) is 12.1 Å². The standard InChI is InChI=1S/C24H19FN2O4S/c1-14-9-17(15(2)27(14)19-7-8-20-21(11-19)31-13-30-20)10-22-23(28)26(24(29)32-22)12-16-3-5-18(25)6-4-16/h3-11H,12-13H2,1-2H3. The zero-order chi connectivity index (χ0) is 22.4. The van der Waals surface area contributed by atoms with Crippen LogP contribution in [0.15, 0.2) is 53.4 Å². The highest BCUT2D eigenvalue weighted by molar-refractivity contribution is 8.18. The number of imide groups is 1. The highest BCUT2D eigenvalue weighted by atomic mass is 32.2. The molecular weight excluding hydrogens is 431 g/mol. The van der Waals surface area contributed by atoms with Crippen LogP contribution in [0, 0.1) is 19.7 Å². The van der Waals surface area contributed by atoms with E-state index >= 15 is 0 Å². The molecule has 1 saturated heterocycles. The predicted octanol–water partition coefficient (Wildman–Crippen LogP) is 5.20. The number of carbonyl (C=O) groups is 2. The zero-order valence-electron chi connectivity index (χ0n) is 17.4. The van der Waals surface area contributed by atoms with E-state index in [0.717, 1.165) is 34.4 Å². The van der Waals surface area contributed by atoms with Crippen LogP contribution in [-0.4, -0.2) is 27.4 Å². The summed E-state index contributed by atoms with van der Waals surface area (Å²) >= 11 is 0.914. The van der Waals surface area contributed by atoms with Crippen molar-refractivity contribution in [3.8, 4) is 17.2 Å². The summed E-state index contributed by atoms with van der Waals surface area (Å²) in [6, 6.07) is 13.5. The normalized spacial score (nSPS) is 16.5. The molecule has 3 aromatic rings. The molecule has 162 valence electrons. The molecule has 2 aliphatic heterocycles. The number of hydrogen-bond donors (Lipinski definition) is 0. The van der Waals surface area contributed by atoms with E-state index in [-0.39, 0.29) is 30.3 Å². The van der Waals surface area contributed by atoms with Crippen LogP contribution in [0.5, 0.6) is 11.5 Å². The first kappa shape index (κ1) is 20.4. The number of aromatic nitrogens is 1. The van der Waals surface area contributed by atoms with Gasteiger partial charge in [0.05, 0.1) is 11.4 Å². The van der Waals surface area contributed by atoms with Gasteiger partial charge in [-0.05, 0) is 73.1 Å². The summed E-state index contributed by atoms with van der Waals surface area (Å²) in [4.78, 5) is 26.9. The summed E-state index contributed by atoms with van der Waals surface area (Å²) in [6.07, 6.45) is 1.75. The van der Waals surface area contributed by atoms with Crippen molar-refractivity contribution in [2.24, 2.45) is 0 Å². The van der Waals surface area contributed by atoms with Crippen molar-refractivity contribution >= 4 is 29.0 Å². The second-order valence-electron chi connectivity index (χ2n) is 7.59. The summed E-state index contributed by atoms with van der Waals surface area (Å²) in [7, 11) is 0. The van der Waals surface area contributed by atoms with E-state index in [1.54, 1.807) is 18.2 Å². The SMILES string of the molecule is Cc1cc(C=C2SC(=O)N(Cc3ccc(F)cc3)C2=O)c(C)n1-c1ccc2c(c1)OCO2. The van der Waals surface area contributed by atoms with Gasteiger partial charge in [-0.25, -0.2) is 4.39 Å². The minimum atomic E-state index is -0.361. The molecule has 0 spiro atoms. The Morgan fingerprint density at radius 2 is 1.78 bits per heavy atom. The van der Waals surface area contributed by atoms with Crippen LogP contribution in [-0.2, 0) is 11.3 Å². The Morgan fingerprint density at radius 1 is 1.03 bits per heavy atom. The summed E-state index contributed by atoms with van der Waals surface area (Å²) in [5, 5.41) is -0.338. The number of thioether (sulfide) groups is 1. The topological polar surface area (TPSA) is 60.8 Å². The lowest BCUT2D eigenvalue weighted by Gasteiger charge is -2.12. The van der Waals surface area contributed by atoms with Crippen LogP contribution in [0.4, 0.5) is 9.18 Å². The summed E-state index contributed by atoms with van der Waals surface area (Å²) in [5.74, 6) is 0.697. The third kappa shape index (κ3) is 3.56. The second-order valence-corrected chi connectivity index (χ2v) is 8.59. The van der Waals surface area contributed by atoms with Crippen molar-refractivity contribution in [3.05, 3.63) is 81.8 Å². The Bertz CT molecular complexity index is 1280. The molecule has 0 aliphatic carbocycles. The smallest absolute Gasteiger partial charge is 0.293 e. The Hall–Kier alpha value is -3.52. The van der Waals surface area contributed by atoms with Crippen molar-refractivity contribution in [1.82, 2.24) is 9.47 Å². The third-order valence-electron chi connectivity index (χ3n) is 5.50. The maximum absolute atomic E-state index is 13.1. The molecular formula is C24H19FN2O4S. The van der Waals surface area contributed by atoms with E-state index in [9.17, 15) is 14.0 Å². The predicted molar refractivity (Wildman–Crippen MR) is 119 cm³/mol. The molecule has 0 radical (unpaired) electrons. The molecule has 5 rings (SSSR count). The first-order chi connectivity index (χ1) is 15.4. The number of hydrogen-bond acceptors (Lipinski definition) is 5. The van der Waals surface area contributed by atoms with E-state index < -0.39 is 0 Å². The number of fused-ring (bicyclic) bond motifs is 1. The molecule has 6 nitrogen and oxygen atoms in total. The van der Waals surface area contributed by atoms with E-state index in [0.29, 0.717) is 22.0 Å². The Balaban J connectivity index is 1.43. The number of aryl methyl sites for hydroxylation is 1. The number of rotatable bonds is 4. The van der Waals surface area contributed by atoms with Gasteiger partial charge in [-0.15, -0.1) is 0 Å².